The number of carbonyl (C=O) groups excluding carboxylic acids is 1. The maximum Gasteiger partial charge on any atom is 0.223 e. The molecule has 0 spiro atoms. The first-order valence-corrected chi connectivity index (χ1v) is 9.26. The number of nitrogens with zero attached hydrogens (tertiary/aromatic N) is 2. The van der Waals surface area contributed by atoms with E-state index in [-0.39, 0.29) is 11.3 Å². The molecule has 0 saturated carbocycles. The van der Waals surface area contributed by atoms with Gasteiger partial charge in [0, 0.05) is 41.3 Å². The van der Waals surface area contributed by atoms with Crippen LogP contribution in [0.2, 0.25) is 0 Å². The Morgan fingerprint density at radius 3 is 2.83 bits per heavy atom. The Morgan fingerprint density at radius 2 is 2.17 bits per heavy atom. The van der Waals surface area contributed by atoms with Crippen molar-refractivity contribution < 1.29 is 4.79 Å². The van der Waals surface area contributed by atoms with Crippen LogP contribution in [-0.2, 0) is 23.2 Å². The summed E-state index contributed by atoms with van der Waals surface area (Å²) in [6, 6.07) is 6.30. The summed E-state index contributed by atoms with van der Waals surface area (Å²) >= 11 is 1.77. The summed E-state index contributed by atoms with van der Waals surface area (Å²) in [5, 5.41) is 4.66. The number of hydrogen-bond donors (Lipinski definition) is 1. The fourth-order valence-corrected chi connectivity index (χ4v) is 3.87. The van der Waals surface area contributed by atoms with Crippen molar-refractivity contribution in [2.45, 2.75) is 52.5 Å². The molecule has 1 N–H and O–H groups in total. The van der Waals surface area contributed by atoms with Gasteiger partial charge in [-0.2, -0.15) is 0 Å². The third-order valence-corrected chi connectivity index (χ3v) is 5.66. The molecule has 1 aliphatic rings. The van der Waals surface area contributed by atoms with Crippen LogP contribution in [0, 0.1) is 0 Å². The highest BCUT2D eigenvalue weighted by Gasteiger charge is 2.20. The largest absolute Gasteiger partial charge is 0.380 e. The molecule has 24 heavy (non-hydrogen) atoms. The highest BCUT2D eigenvalue weighted by Crippen LogP contribution is 2.31. The van der Waals surface area contributed by atoms with Crippen molar-refractivity contribution in [3.8, 4) is 0 Å². The Hall–Kier alpha value is -1.88. The van der Waals surface area contributed by atoms with Gasteiger partial charge in [-0.05, 0) is 36.6 Å². The number of nitrogens with one attached hydrogen (secondary N) is 1. The molecule has 2 aromatic rings. The van der Waals surface area contributed by atoms with Crippen molar-refractivity contribution >= 4 is 28.6 Å². The number of thiazole rings is 1. The van der Waals surface area contributed by atoms with Gasteiger partial charge < -0.3 is 10.2 Å². The van der Waals surface area contributed by atoms with Crippen molar-refractivity contribution in [2.24, 2.45) is 0 Å². The van der Waals surface area contributed by atoms with Crippen LogP contribution >= 0.6 is 11.3 Å². The lowest BCUT2D eigenvalue weighted by molar-refractivity contribution is -0.116. The molecule has 0 bridgehead atoms. The van der Waals surface area contributed by atoms with E-state index in [1.807, 2.05) is 11.1 Å². The number of anilines is 2. The van der Waals surface area contributed by atoms with Gasteiger partial charge in [0.2, 0.25) is 5.91 Å². The minimum absolute atomic E-state index is 0.102. The second kappa shape index (κ2) is 6.55. The minimum atomic E-state index is 0.102. The van der Waals surface area contributed by atoms with Crippen LogP contribution in [0.1, 0.15) is 49.6 Å². The predicted molar refractivity (Wildman–Crippen MR) is 101 cm³/mol. The summed E-state index contributed by atoms with van der Waals surface area (Å²) in [6.07, 6.45) is 4.03. The Kier molecular flexibility index (Phi) is 4.63. The summed E-state index contributed by atoms with van der Waals surface area (Å²) in [5.41, 5.74) is 3.52. The first-order chi connectivity index (χ1) is 11.3. The average Bonchev–Trinajstić information content (AvgIpc) is 3.01. The maximum absolute atomic E-state index is 11.7. The highest BCUT2D eigenvalue weighted by atomic mass is 32.1. The van der Waals surface area contributed by atoms with Crippen molar-refractivity contribution in [3.05, 3.63) is 39.8 Å². The molecule has 1 amide bonds. The first-order valence-electron chi connectivity index (χ1n) is 8.44. The average molecular weight is 343 g/mol. The molecule has 1 aromatic carbocycles. The zero-order valence-electron chi connectivity index (χ0n) is 14.8. The number of fused-ring (bicyclic) bond motifs is 1. The summed E-state index contributed by atoms with van der Waals surface area (Å²) < 4.78 is 0. The quantitative estimate of drug-likeness (QED) is 0.901. The van der Waals surface area contributed by atoms with Gasteiger partial charge in [0.1, 0.15) is 0 Å². The molecule has 3 rings (SSSR count). The molecule has 1 aromatic heterocycles. The van der Waals surface area contributed by atoms with E-state index in [4.69, 9.17) is 0 Å². The molecule has 5 heteroatoms. The van der Waals surface area contributed by atoms with Crippen LogP contribution in [0.3, 0.4) is 0 Å². The molecule has 0 unspecified atom stereocenters. The summed E-state index contributed by atoms with van der Waals surface area (Å²) in [5.74, 6) is 0.121. The Morgan fingerprint density at radius 1 is 1.38 bits per heavy atom. The van der Waals surface area contributed by atoms with Crippen molar-refractivity contribution in [2.75, 3.05) is 16.8 Å². The van der Waals surface area contributed by atoms with Crippen molar-refractivity contribution in [3.63, 3.8) is 0 Å². The van der Waals surface area contributed by atoms with Gasteiger partial charge in [0.25, 0.3) is 0 Å². The van der Waals surface area contributed by atoms with Gasteiger partial charge in [-0.1, -0.05) is 20.8 Å². The fraction of sp³-hybridized carbons (Fsp3) is 0.474. The fourth-order valence-electron chi connectivity index (χ4n) is 2.96. The van der Waals surface area contributed by atoms with E-state index >= 15 is 0 Å². The topological polar surface area (TPSA) is 45.2 Å². The van der Waals surface area contributed by atoms with E-state index in [2.05, 4.69) is 49.3 Å². The van der Waals surface area contributed by atoms with E-state index in [1.54, 1.807) is 18.3 Å². The van der Waals surface area contributed by atoms with Crippen LogP contribution in [-0.4, -0.2) is 17.4 Å². The molecular formula is C19H25N3OS. The Bertz CT molecular complexity index is 745. The number of carbonyl (C=O) groups is 1. The maximum atomic E-state index is 11.7. The Balaban J connectivity index is 1.70. The van der Waals surface area contributed by atoms with Crippen LogP contribution < -0.4 is 10.2 Å². The monoisotopic (exact) mass is 343 g/mol. The van der Waals surface area contributed by atoms with Gasteiger partial charge >= 0.3 is 0 Å². The van der Waals surface area contributed by atoms with Crippen LogP contribution in [0.5, 0.6) is 0 Å². The molecule has 1 aliphatic heterocycles. The first kappa shape index (κ1) is 17.0. The number of benzene rings is 1. The lowest BCUT2D eigenvalue weighted by Crippen LogP contribution is -2.33. The minimum Gasteiger partial charge on any atom is -0.380 e. The van der Waals surface area contributed by atoms with E-state index in [1.165, 1.54) is 15.4 Å². The van der Waals surface area contributed by atoms with E-state index in [0.717, 1.165) is 37.3 Å². The van der Waals surface area contributed by atoms with Crippen LogP contribution in [0.25, 0.3) is 0 Å². The normalized spacial score (nSPS) is 14.4. The van der Waals surface area contributed by atoms with E-state index < -0.39 is 0 Å². The zero-order chi connectivity index (χ0) is 17.3. The van der Waals surface area contributed by atoms with Gasteiger partial charge in [-0.25, -0.2) is 4.98 Å². The molecule has 2 heterocycles. The highest BCUT2D eigenvalue weighted by molar-refractivity contribution is 7.11. The number of hydrogen-bond acceptors (Lipinski definition) is 4. The lowest BCUT2D eigenvalue weighted by Gasteiger charge is -2.29. The zero-order valence-corrected chi connectivity index (χ0v) is 15.7. The molecular weight excluding hydrogens is 318 g/mol. The number of aromatic nitrogens is 1. The number of aryl methyl sites for hydroxylation is 1. The number of amides is 1. The van der Waals surface area contributed by atoms with Crippen LogP contribution in [0.15, 0.2) is 24.4 Å². The standard InChI is InChI=1S/C19H25N3OS/c1-13(23)22-9-5-6-14-10-15(7-8-17(14)22)20-11-16-12-21-18(24-16)19(2,3)4/h7-8,10,12,20H,5-6,9,11H2,1-4H3. The second-order valence-electron chi connectivity index (χ2n) is 7.35. The Labute approximate surface area is 147 Å². The van der Waals surface area contributed by atoms with Gasteiger partial charge in [-0.15, -0.1) is 11.3 Å². The van der Waals surface area contributed by atoms with Crippen molar-refractivity contribution in [1.82, 2.24) is 4.98 Å². The molecule has 0 aliphatic carbocycles. The predicted octanol–water partition coefficient (Wildman–Crippen LogP) is 4.35. The third-order valence-electron chi connectivity index (χ3n) is 4.24. The lowest BCUT2D eigenvalue weighted by atomic mass is 9.98. The van der Waals surface area contributed by atoms with E-state index in [0.29, 0.717) is 0 Å². The molecule has 0 fully saturated rings. The SMILES string of the molecule is CC(=O)N1CCCc2cc(NCc3cnc(C(C)(C)C)s3)ccc21. The molecule has 0 radical (unpaired) electrons. The third kappa shape index (κ3) is 3.61. The molecule has 0 atom stereocenters. The second-order valence-corrected chi connectivity index (χ2v) is 8.47. The van der Waals surface area contributed by atoms with Gasteiger partial charge in [0.05, 0.1) is 11.6 Å². The van der Waals surface area contributed by atoms with Crippen molar-refractivity contribution in [1.29, 1.82) is 0 Å². The summed E-state index contributed by atoms with van der Waals surface area (Å²) in [6.45, 7) is 9.81. The molecule has 0 saturated heterocycles. The summed E-state index contributed by atoms with van der Waals surface area (Å²) in [4.78, 5) is 19.4. The smallest absolute Gasteiger partial charge is 0.223 e. The number of rotatable bonds is 3. The van der Waals surface area contributed by atoms with Crippen LogP contribution in [0.4, 0.5) is 11.4 Å². The molecule has 4 nitrogen and oxygen atoms in total. The van der Waals surface area contributed by atoms with Gasteiger partial charge in [0.15, 0.2) is 0 Å². The molecule has 128 valence electrons. The summed E-state index contributed by atoms with van der Waals surface area (Å²) in [7, 11) is 0. The van der Waals surface area contributed by atoms with Gasteiger partial charge in [-0.3, -0.25) is 4.79 Å². The van der Waals surface area contributed by atoms with E-state index in [9.17, 15) is 4.79 Å².